The van der Waals surface area contributed by atoms with Crippen LogP contribution < -0.4 is 16.3 Å². The fourth-order valence-corrected chi connectivity index (χ4v) is 2.94. The molecule has 2 rings (SSSR count). The number of phenolic OH excluding ortho intramolecular Hbond substituents is 1. The van der Waals surface area contributed by atoms with E-state index in [9.17, 15) is 29.4 Å². The first-order valence-corrected chi connectivity index (χ1v) is 10.2. The number of carbonyl (C=O) groups excluding carboxylic acids is 2. The Kier molecular flexibility index (Phi) is 8.09. The lowest BCUT2D eigenvalue weighted by Crippen LogP contribution is -2.43. The molecule has 0 spiro atoms. The molecule has 1 aromatic carbocycles. The van der Waals surface area contributed by atoms with E-state index in [2.05, 4.69) is 10.6 Å². The molecule has 0 saturated heterocycles. The van der Waals surface area contributed by atoms with Crippen LogP contribution in [-0.2, 0) is 9.53 Å². The number of unbranched alkanes of at least 4 members (excludes halogenated alkanes) is 1. The van der Waals surface area contributed by atoms with Crippen LogP contribution in [0.25, 0.3) is 11.0 Å². The van der Waals surface area contributed by atoms with Crippen molar-refractivity contribution in [3.63, 3.8) is 0 Å². The summed E-state index contributed by atoms with van der Waals surface area (Å²) >= 11 is 5.84. The number of ether oxygens (including phenoxy) is 1. The molecule has 0 aliphatic carbocycles. The van der Waals surface area contributed by atoms with Crippen molar-refractivity contribution in [3.8, 4) is 5.75 Å². The van der Waals surface area contributed by atoms with E-state index >= 15 is 0 Å². The van der Waals surface area contributed by atoms with E-state index in [4.69, 9.17) is 20.8 Å². The van der Waals surface area contributed by atoms with Crippen LogP contribution in [-0.4, -0.2) is 46.4 Å². The normalized spacial score (nSPS) is 12.2. The summed E-state index contributed by atoms with van der Waals surface area (Å²) in [5, 5.41) is 24.1. The van der Waals surface area contributed by atoms with Crippen molar-refractivity contribution in [2.24, 2.45) is 0 Å². The molecule has 2 aromatic rings. The summed E-state index contributed by atoms with van der Waals surface area (Å²) in [5.74, 6) is -2.11. The zero-order valence-corrected chi connectivity index (χ0v) is 18.6. The number of phenols is 1. The van der Waals surface area contributed by atoms with Crippen LogP contribution in [0, 0.1) is 0 Å². The minimum atomic E-state index is -1.20. The lowest BCUT2D eigenvalue weighted by Gasteiger charge is -2.22. The van der Waals surface area contributed by atoms with E-state index in [0.29, 0.717) is 18.2 Å². The van der Waals surface area contributed by atoms with Crippen molar-refractivity contribution in [2.45, 2.75) is 51.7 Å². The van der Waals surface area contributed by atoms with Gasteiger partial charge in [-0.15, -0.1) is 0 Å². The molecular formula is C21H25ClN2O8. The minimum Gasteiger partial charge on any atom is -0.506 e. The number of carbonyl (C=O) groups is 3. The topological polar surface area (TPSA) is 155 Å². The fourth-order valence-electron chi connectivity index (χ4n) is 2.76. The summed E-state index contributed by atoms with van der Waals surface area (Å²) in [5.41, 5.74) is -1.76. The van der Waals surface area contributed by atoms with E-state index < -0.39 is 35.2 Å². The molecule has 2 amide bonds. The number of carboxylic acid groups (broad SMARTS) is 1. The summed E-state index contributed by atoms with van der Waals surface area (Å²) in [6.45, 7) is 5.17. The number of benzene rings is 1. The number of halogens is 1. The van der Waals surface area contributed by atoms with Crippen molar-refractivity contribution >= 4 is 40.5 Å². The molecule has 32 heavy (non-hydrogen) atoms. The van der Waals surface area contributed by atoms with Crippen molar-refractivity contribution in [3.05, 3.63) is 39.2 Å². The minimum absolute atomic E-state index is 0.0469. The smallest absolute Gasteiger partial charge is 0.408 e. The van der Waals surface area contributed by atoms with Gasteiger partial charge in [0.2, 0.25) is 0 Å². The molecule has 1 atom stereocenters. The maximum Gasteiger partial charge on any atom is 0.408 e. The molecule has 10 nitrogen and oxygen atoms in total. The SMILES string of the molecule is CC(C)(C)OC(=O)N[C@@H](CCCCNC(=O)c1cc2cc(Cl)c(O)cc2oc1=O)C(=O)O. The zero-order chi connectivity index (χ0) is 24.1. The van der Waals surface area contributed by atoms with Crippen LogP contribution in [0.3, 0.4) is 0 Å². The van der Waals surface area contributed by atoms with Crippen LogP contribution in [0.2, 0.25) is 5.02 Å². The number of hydrogen-bond donors (Lipinski definition) is 4. The molecule has 0 radical (unpaired) electrons. The number of hydrogen-bond acceptors (Lipinski definition) is 7. The van der Waals surface area contributed by atoms with E-state index in [0.717, 1.165) is 0 Å². The van der Waals surface area contributed by atoms with Gasteiger partial charge >= 0.3 is 17.7 Å². The first-order chi connectivity index (χ1) is 14.9. The molecule has 1 heterocycles. The van der Waals surface area contributed by atoms with Gasteiger partial charge in [-0.3, -0.25) is 4.79 Å². The Morgan fingerprint density at radius 1 is 1.19 bits per heavy atom. The van der Waals surface area contributed by atoms with Gasteiger partial charge < -0.3 is 30.0 Å². The van der Waals surface area contributed by atoms with E-state index in [1.165, 1.54) is 18.2 Å². The highest BCUT2D eigenvalue weighted by molar-refractivity contribution is 6.32. The highest BCUT2D eigenvalue weighted by atomic mass is 35.5. The van der Waals surface area contributed by atoms with Gasteiger partial charge in [-0.25, -0.2) is 14.4 Å². The van der Waals surface area contributed by atoms with E-state index in [-0.39, 0.29) is 34.9 Å². The molecule has 0 aliphatic heterocycles. The van der Waals surface area contributed by atoms with Gasteiger partial charge in [-0.2, -0.15) is 0 Å². The maximum absolute atomic E-state index is 12.3. The zero-order valence-electron chi connectivity index (χ0n) is 17.9. The number of fused-ring (bicyclic) bond motifs is 1. The number of rotatable bonds is 8. The standard InChI is InChI=1S/C21H25ClN2O8/c1-21(2,3)32-20(30)24-14(18(27)28)6-4-5-7-23-17(26)12-8-11-9-13(22)15(25)10-16(11)31-19(12)29/h8-10,14,25H,4-7H2,1-3H3,(H,23,26)(H,24,30)(H,27,28)/t14-/m0/s1. The quantitative estimate of drug-likeness (QED) is 0.340. The Morgan fingerprint density at radius 3 is 2.50 bits per heavy atom. The Balaban J connectivity index is 1.88. The second-order valence-corrected chi connectivity index (χ2v) is 8.48. The Bertz CT molecular complexity index is 1070. The Hall–Kier alpha value is -3.27. The van der Waals surface area contributed by atoms with Gasteiger partial charge in [0, 0.05) is 18.0 Å². The maximum atomic E-state index is 12.3. The summed E-state index contributed by atoms with van der Waals surface area (Å²) in [6, 6.07) is 2.74. The van der Waals surface area contributed by atoms with Gasteiger partial charge in [0.1, 0.15) is 28.5 Å². The predicted molar refractivity (Wildman–Crippen MR) is 116 cm³/mol. The predicted octanol–water partition coefficient (Wildman–Crippen LogP) is 3.03. The van der Waals surface area contributed by atoms with Gasteiger partial charge in [0.05, 0.1) is 5.02 Å². The summed E-state index contributed by atoms with van der Waals surface area (Å²) in [4.78, 5) is 47.5. The third kappa shape index (κ3) is 7.16. The number of carboxylic acids is 1. The van der Waals surface area contributed by atoms with Gasteiger partial charge in [0.15, 0.2) is 0 Å². The van der Waals surface area contributed by atoms with E-state index in [1.54, 1.807) is 20.8 Å². The van der Waals surface area contributed by atoms with Crippen molar-refractivity contribution in [1.29, 1.82) is 0 Å². The monoisotopic (exact) mass is 468 g/mol. The second kappa shape index (κ2) is 10.4. The molecule has 0 unspecified atom stereocenters. The third-order valence-electron chi connectivity index (χ3n) is 4.24. The van der Waals surface area contributed by atoms with Crippen molar-refractivity contribution in [2.75, 3.05) is 6.54 Å². The molecule has 1 aromatic heterocycles. The number of amides is 2. The molecule has 0 bridgehead atoms. The number of aromatic hydroxyl groups is 1. The highest BCUT2D eigenvalue weighted by Crippen LogP contribution is 2.28. The van der Waals surface area contributed by atoms with Crippen molar-refractivity contribution in [1.82, 2.24) is 10.6 Å². The average molecular weight is 469 g/mol. The average Bonchev–Trinajstić information content (AvgIpc) is 2.66. The molecule has 0 aliphatic rings. The van der Waals surface area contributed by atoms with Crippen LogP contribution in [0.5, 0.6) is 5.75 Å². The van der Waals surface area contributed by atoms with Gasteiger partial charge in [-0.1, -0.05) is 11.6 Å². The first-order valence-electron chi connectivity index (χ1n) is 9.84. The summed E-state index contributed by atoms with van der Waals surface area (Å²) in [6.07, 6.45) is 0.0952. The van der Waals surface area contributed by atoms with Crippen LogP contribution >= 0.6 is 11.6 Å². The fraction of sp³-hybridized carbons (Fsp3) is 0.429. The number of alkyl carbamates (subject to hydrolysis) is 1. The number of aliphatic carboxylic acids is 1. The molecule has 11 heteroatoms. The van der Waals surface area contributed by atoms with Crippen molar-refractivity contribution < 1.29 is 33.8 Å². The molecule has 174 valence electrons. The van der Waals surface area contributed by atoms with Crippen LogP contribution in [0.4, 0.5) is 4.79 Å². The first kappa shape index (κ1) is 25.0. The van der Waals surface area contributed by atoms with Crippen LogP contribution in [0.1, 0.15) is 50.4 Å². The molecular weight excluding hydrogens is 444 g/mol. The molecule has 0 saturated carbocycles. The molecule has 0 fully saturated rings. The van der Waals surface area contributed by atoms with E-state index in [1.807, 2.05) is 0 Å². The largest absolute Gasteiger partial charge is 0.506 e. The second-order valence-electron chi connectivity index (χ2n) is 8.08. The highest BCUT2D eigenvalue weighted by Gasteiger charge is 2.23. The van der Waals surface area contributed by atoms with Crippen LogP contribution in [0.15, 0.2) is 27.4 Å². The summed E-state index contributed by atoms with van der Waals surface area (Å²) in [7, 11) is 0. The lowest BCUT2D eigenvalue weighted by molar-refractivity contribution is -0.139. The van der Waals surface area contributed by atoms with Gasteiger partial charge in [0.25, 0.3) is 5.91 Å². The molecule has 4 N–H and O–H groups in total. The third-order valence-corrected chi connectivity index (χ3v) is 4.54. The Labute approximate surface area is 188 Å². The lowest BCUT2D eigenvalue weighted by atomic mass is 10.1. The summed E-state index contributed by atoms with van der Waals surface area (Å²) < 4.78 is 10.1. The number of nitrogens with one attached hydrogen (secondary N) is 2. The Morgan fingerprint density at radius 2 is 1.88 bits per heavy atom. The van der Waals surface area contributed by atoms with Gasteiger partial charge in [-0.05, 0) is 52.2 Å².